The van der Waals surface area contributed by atoms with Crippen LogP contribution in [-0.4, -0.2) is 25.1 Å². The molecule has 0 saturated heterocycles. The number of aromatic nitrogens is 1. The second-order valence-corrected chi connectivity index (χ2v) is 6.52. The van der Waals surface area contributed by atoms with Gasteiger partial charge in [-0.3, -0.25) is 4.98 Å². The smallest absolute Gasteiger partial charge is 0.106 e. The summed E-state index contributed by atoms with van der Waals surface area (Å²) in [7, 11) is -1.95. The molecule has 0 saturated carbocycles. The molecule has 0 unspecified atom stereocenters. The van der Waals surface area contributed by atoms with E-state index in [4.69, 9.17) is 4.79 Å². The lowest BCUT2D eigenvalue weighted by Gasteiger charge is -2.03. The topological polar surface area (TPSA) is 47.0 Å². The van der Waals surface area contributed by atoms with Crippen molar-refractivity contribution in [3.05, 3.63) is 30.1 Å². The van der Waals surface area contributed by atoms with Gasteiger partial charge in [-0.25, -0.2) is 0 Å². The standard InChI is InChI=1S/C8H12NOP.C2H6.CH2O/c1-11(2,10)7-8-5-3-4-6-9-8;2*1-2/h3-6H,7H2,1-2H3;1-2H3;1H2. The molecule has 1 aromatic rings. The molecule has 3 nitrogen and oxygen atoms in total. The van der Waals surface area contributed by atoms with Crippen molar-refractivity contribution in [3.63, 3.8) is 0 Å². The van der Waals surface area contributed by atoms with Crippen LogP contribution in [0, 0.1) is 0 Å². The molecule has 1 aromatic heterocycles. The highest BCUT2D eigenvalue weighted by atomic mass is 31.2. The molecule has 0 aliphatic rings. The Kier molecular flexibility index (Phi) is 10.5. The second kappa shape index (κ2) is 9.60. The summed E-state index contributed by atoms with van der Waals surface area (Å²) in [6, 6.07) is 5.68. The van der Waals surface area contributed by atoms with Crippen LogP contribution in [0.25, 0.3) is 0 Å². The number of carbonyl (C=O) groups is 1. The average Bonchev–Trinajstić information content (AvgIpc) is 2.23. The van der Waals surface area contributed by atoms with Crippen LogP contribution >= 0.6 is 7.14 Å². The first-order valence-electron chi connectivity index (χ1n) is 4.81. The van der Waals surface area contributed by atoms with Gasteiger partial charge in [0.1, 0.15) is 6.79 Å². The monoisotopic (exact) mass is 229 g/mol. The third-order valence-corrected chi connectivity index (χ3v) is 2.35. The zero-order chi connectivity index (χ0) is 12.3. The van der Waals surface area contributed by atoms with Crippen LogP contribution in [0.4, 0.5) is 0 Å². The van der Waals surface area contributed by atoms with Crippen molar-refractivity contribution in [1.82, 2.24) is 4.98 Å². The molecule has 0 aromatic carbocycles. The zero-order valence-corrected chi connectivity index (χ0v) is 10.8. The van der Waals surface area contributed by atoms with Gasteiger partial charge in [-0.2, -0.15) is 0 Å². The summed E-state index contributed by atoms with van der Waals surface area (Å²) in [6.07, 6.45) is 2.33. The van der Waals surface area contributed by atoms with Crippen molar-refractivity contribution >= 4 is 13.9 Å². The SMILES string of the molecule is C=O.CC.CP(C)(=O)Cc1ccccn1. The quantitative estimate of drug-likeness (QED) is 0.732. The van der Waals surface area contributed by atoms with Gasteiger partial charge in [-0.15, -0.1) is 0 Å². The van der Waals surface area contributed by atoms with E-state index >= 15 is 0 Å². The fourth-order valence-corrected chi connectivity index (χ4v) is 1.85. The predicted molar refractivity (Wildman–Crippen MR) is 65.9 cm³/mol. The normalized spacial score (nSPS) is 9.07. The third-order valence-electron chi connectivity index (χ3n) is 1.27. The van der Waals surface area contributed by atoms with Gasteiger partial charge < -0.3 is 9.36 Å². The number of pyridine rings is 1. The summed E-state index contributed by atoms with van der Waals surface area (Å²) in [5, 5.41) is 0. The summed E-state index contributed by atoms with van der Waals surface area (Å²) in [6.45, 7) is 9.56. The summed E-state index contributed by atoms with van der Waals surface area (Å²) in [5.74, 6) is 0. The summed E-state index contributed by atoms with van der Waals surface area (Å²) in [4.78, 5) is 12.1. The zero-order valence-electron chi connectivity index (χ0n) is 9.93. The van der Waals surface area contributed by atoms with E-state index in [-0.39, 0.29) is 0 Å². The van der Waals surface area contributed by atoms with E-state index in [1.807, 2.05) is 38.8 Å². The molecule has 4 heteroatoms. The Bertz CT molecular complexity index is 282. The Hall–Kier alpha value is -0.950. The minimum atomic E-state index is -1.95. The van der Waals surface area contributed by atoms with Gasteiger partial charge in [0.05, 0.1) is 7.14 Å². The molecule has 0 amide bonds. The highest BCUT2D eigenvalue weighted by Crippen LogP contribution is 2.39. The van der Waals surface area contributed by atoms with Crippen molar-refractivity contribution in [1.29, 1.82) is 0 Å². The first-order valence-corrected chi connectivity index (χ1v) is 7.59. The molecule has 0 fully saturated rings. The van der Waals surface area contributed by atoms with Crippen LogP contribution < -0.4 is 0 Å². The maximum Gasteiger partial charge on any atom is 0.106 e. The number of rotatable bonds is 2. The maximum atomic E-state index is 11.3. The molecule has 86 valence electrons. The lowest BCUT2D eigenvalue weighted by Crippen LogP contribution is -1.88. The third kappa shape index (κ3) is 11.0. The van der Waals surface area contributed by atoms with Crippen molar-refractivity contribution in [3.8, 4) is 0 Å². The van der Waals surface area contributed by atoms with Crippen molar-refractivity contribution in [2.24, 2.45) is 0 Å². The Balaban J connectivity index is 0. The summed E-state index contributed by atoms with van der Waals surface area (Å²) in [5.41, 5.74) is 0.917. The van der Waals surface area contributed by atoms with Crippen molar-refractivity contribution in [2.75, 3.05) is 13.3 Å². The highest BCUT2D eigenvalue weighted by molar-refractivity contribution is 7.61. The number of nitrogens with zero attached hydrogens (tertiary/aromatic N) is 1. The fraction of sp³-hybridized carbons (Fsp3) is 0.455. The first-order chi connectivity index (χ1) is 7.08. The number of hydrogen-bond acceptors (Lipinski definition) is 3. The van der Waals surface area contributed by atoms with Gasteiger partial charge in [-0.1, -0.05) is 19.9 Å². The largest absolute Gasteiger partial charge is 0.324 e. The van der Waals surface area contributed by atoms with Crippen LogP contribution in [0.3, 0.4) is 0 Å². The molecule has 1 heterocycles. The van der Waals surface area contributed by atoms with Gasteiger partial charge >= 0.3 is 0 Å². The molecule has 0 aliphatic carbocycles. The molecule has 0 bridgehead atoms. The van der Waals surface area contributed by atoms with E-state index in [1.165, 1.54) is 0 Å². The maximum absolute atomic E-state index is 11.3. The average molecular weight is 229 g/mol. The number of hydrogen-bond donors (Lipinski definition) is 0. The van der Waals surface area contributed by atoms with E-state index < -0.39 is 7.14 Å². The van der Waals surface area contributed by atoms with Crippen LogP contribution in [0.5, 0.6) is 0 Å². The van der Waals surface area contributed by atoms with Crippen LogP contribution in [0.15, 0.2) is 24.4 Å². The second-order valence-electron chi connectivity index (χ2n) is 3.05. The Labute approximate surface area is 92.3 Å². The Morgan fingerprint density at radius 2 is 1.80 bits per heavy atom. The molecule has 0 atom stereocenters. The van der Waals surface area contributed by atoms with Crippen molar-refractivity contribution in [2.45, 2.75) is 20.0 Å². The Morgan fingerprint density at radius 3 is 2.13 bits per heavy atom. The van der Waals surface area contributed by atoms with Crippen LogP contribution in [0.2, 0.25) is 0 Å². The first kappa shape index (κ1) is 16.5. The lowest BCUT2D eigenvalue weighted by molar-refractivity contribution is -0.0979. The van der Waals surface area contributed by atoms with E-state index in [0.29, 0.717) is 6.16 Å². The van der Waals surface area contributed by atoms with Crippen LogP contribution in [-0.2, 0) is 15.5 Å². The van der Waals surface area contributed by atoms with Gasteiger partial charge in [0.2, 0.25) is 0 Å². The number of carbonyl (C=O) groups excluding carboxylic acids is 1. The van der Waals surface area contributed by atoms with Gasteiger partial charge in [0.25, 0.3) is 0 Å². The molecule has 15 heavy (non-hydrogen) atoms. The molecule has 1 rings (SSSR count). The molecule has 0 radical (unpaired) electrons. The van der Waals surface area contributed by atoms with E-state index in [0.717, 1.165) is 5.69 Å². The van der Waals surface area contributed by atoms with Crippen molar-refractivity contribution < 1.29 is 9.36 Å². The highest BCUT2D eigenvalue weighted by Gasteiger charge is 2.07. The van der Waals surface area contributed by atoms with Crippen LogP contribution in [0.1, 0.15) is 19.5 Å². The van der Waals surface area contributed by atoms with Gasteiger partial charge in [0.15, 0.2) is 0 Å². The van der Waals surface area contributed by atoms with Gasteiger partial charge in [-0.05, 0) is 25.5 Å². The predicted octanol–water partition coefficient (Wildman–Crippen LogP) is 3.05. The molecule has 0 aliphatic heterocycles. The van der Waals surface area contributed by atoms with E-state index in [1.54, 1.807) is 19.5 Å². The lowest BCUT2D eigenvalue weighted by atomic mass is 10.4. The van der Waals surface area contributed by atoms with Gasteiger partial charge in [0, 0.05) is 18.1 Å². The molecular weight excluding hydrogens is 209 g/mol. The fourth-order valence-electron chi connectivity index (χ4n) is 0.882. The molecule has 0 spiro atoms. The molecule has 0 N–H and O–H groups in total. The summed E-state index contributed by atoms with van der Waals surface area (Å²) < 4.78 is 11.3. The van der Waals surface area contributed by atoms with E-state index in [2.05, 4.69) is 4.98 Å². The minimum absolute atomic E-state index is 0.605. The molecular formula is C11H20NO2P. The minimum Gasteiger partial charge on any atom is -0.324 e. The Morgan fingerprint density at radius 1 is 1.27 bits per heavy atom. The summed E-state index contributed by atoms with van der Waals surface area (Å²) >= 11 is 0. The van der Waals surface area contributed by atoms with E-state index in [9.17, 15) is 4.57 Å².